The molecule has 0 aliphatic carbocycles. The largest absolute Gasteiger partial charge is 0.416 e. The van der Waals surface area contributed by atoms with Gasteiger partial charge in [0.25, 0.3) is 5.91 Å². The number of alkyl halides is 3. The maximum atomic E-state index is 13.1. The van der Waals surface area contributed by atoms with E-state index in [1.165, 1.54) is 23.5 Å². The van der Waals surface area contributed by atoms with Crippen LogP contribution in [0.15, 0.2) is 35.8 Å². The van der Waals surface area contributed by atoms with Gasteiger partial charge in [0.2, 0.25) is 0 Å². The summed E-state index contributed by atoms with van der Waals surface area (Å²) in [6.45, 7) is 4.55. The Balaban J connectivity index is 1.49. The molecule has 10 heteroatoms. The summed E-state index contributed by atoms with van der Waals surface area (Å²) in [6, 6.07) is 4.87. The molecule has 0 atom stereocenters. The smallest absolute Gasteiger partial charge is 0.346 e. The summed E-state index contributed by atoms with van der Waals surface area (Å²) in [4.78, 5) is 26.4. The van der Waals surface area contributed by atoms with Crippen molar-refractivity contribution >= 4 is 33.7 Å². The standard InChI is InChI=1S/C20H19F3N4OS2/c1-13-16(30-17(25-13)14-3-5-15(6-4-14)20(21,22)23)18(28)26-8-2-9-27(11-10-26)19-24-7-12-29-19/h3-7,12H,2,8-11H2,1H3. The third-order valence-electron chi connectivity index (χ3n) is 4.92. The molecule has 3 heterocycles. The number of rotatable bonds is 3. The molecule has 3 aromatic rings. The number of hydrogen-bond acceptors (Lipinski definition) is 6. The minimum absolute atomic E-state index is 0.0795. The summed E-state index contributed by atoms with van der Waals surface area (Å²) in [5, 5.41) is 3.44. The van der Waals surface area contributed by atoms with Gasteiger partial charge in [-0.05, 0) is 25.5 Å². The molecule has 0 N–H and O–H groups in total. The first kappa shape index (κ1) is 20.8. The topological polar surface area (TPSA) is 49.3 Å². The van der Waals surface area contributed by atoms with Gasteiger partial charge in [-0.25, -0.2) is 9.97 Å². The lowest BCUT2D eigenvalue weighted by molar-refractivity contribution is -0.137. The molecule has 0 spiro atoms. The number of thiazole rings is 2. The van der Waals surface area contributed by atoms with Crippen molar-refractivity contribution in [2.24, 2.45) is 0 Å². The molecule has 1 amide bonds. The Kier molecular flexibility index (Phi) is 5.79. The van der Waals surface area contributed by atoms with E-state index in [9.17, 15) is 18.0 Å². The molecule has 5 nitrogen and oxygen atoms in total. The maximum absolute atomic E-state index is 13.1. The van der Waals surface area contributed by atoms with Gasteiger partial charge >= 0.3 is 6.18 Å². The summed E-state index contributed by atoms with van der Waals surface area (Å²) in [5.74, 6) is -0.0795. The molecule has 1 fully saturated rings. The van der Waals surface area contributed by atoms with E-state index in [0.717, 1.165) is 30.2 Å². The zero-order chi connectivity index (χ0) is 21.3. The van der Waals surface area contributed by atoms with Crippen LogP contribution in [0.4, 0.5) is 18.3 Å². The molecule has 0 radical (unpaired) electrons. The maximum Gasteiger partial charge on any atom is 0.416 e. The number of amides is 1. The number of aromatic nitrogens is 2. The van der Waals surface area contributed by atoms with E-state index in [-0.39, 0.29) is 5.91 Å². The molecule has 1 aliphatic rings. The minimum Gasteiger partial charge on any atom is -0.346 e. The third-order valence-corrected chi connectivity index (χ3v) is 6.95. The van der Waals surface area contributed by atoms with Gasteiger partial charge in [0, 0.05) is 43.3 Å². The van der Waals surface area contributed by atoms with E-state index in [1.54, 1.807) is 24.5 Å². The van der Waals surface area contributed by atoms with E-state index in [1.807, 2.05) is 10.3 Å². The Hall–Kier alpha value is -2.46. The van der Waals surface area contributed by atoms with Crippen LogP contribution < -0.4 is 4.90 Å². The SMILES string of the molecule is Cc1nc(-c2ccc(C(F)(F)F)cc2)sc1C(=O)N1CCCN(c2nccs2)CC1. The molecular formula is C20H19F3N4OS2. The number of carbonyl (C=O) groups is 1. The van der Waals surface area contributed by atoms with Crippen LogP contribution >= 0.6 is 22.7 Å². The fraction of sp³-hybridized carbons (Fsp3) is 0.350. The van der Waals surface area contributed by atoms with Crippen molar-refractivity contribution in [1.29, 1.82) is 0 Å². The average Bonchev–Trinajstić information content (AvgIpc) is 3.31. The monoisotopic (exact) mass is 452 g/mol. The number of hydrogen-bond donors (Lipinski definition) is 0. The van der Waals surface area contributed by atoms with Gasteiger partial charge in [-0.2, -0.15) is 13.2 Å². The third kappa shape index (κ3) is 4.34. The van der Waals surface area contributed by atoms with E-state index in [2.05, 4.69) is 14.9 Å². The van der Waals surface area contributed by atoms with Crippen LogP contribution in [0.5, 0.6) is 0 Å². The van der Waals surface area contributed by atoms with Gasteiger partial charge in [0.1, 0.15) is 9.88 Å². The van der Waals surface area contributed by atoms with Crippen LogP contribution in [-0.4, -0.2) is 47.0 Å². The fourth-order valence-corrected chi connectivity index (χ4v) is 5.08. The van der Waals surface area contributed by atoms with Crippen molar-refractivity contribution in [2.45, 2.75) is 19.5 Å². The number of anilines is 1. The number of nitrogens with zero attached hydrogens (tertiary/aromatic N) is 4. The first-order valence-electron chi connectivity index (χ1n) is 9.41. The van der Waals surface area contributed by atoms with Crippen LogP contribution in [0.2, 0.25) is 0 Å². The number of aryl methyl sites for hydroxylation is 1. The zero-order valence-corrected chi connectivity index (χ0v) is 17.8. The van der Waals surface area contributed by atoms with Crippen LogP contribution in [-0.2, 0) is 6.18 Å². The van der Waals surface area contributed by atoms with Gasteiger partial charge in [-0.15, -0.1) is 22.7 Å². The second kappa shape index (κ2) is 8.35. The first-order chi connectivity index (χ1) is 14.3. The summed E-state index contributed by atoms with van der Waals surface area (Å²) in [6.07, 6.45) is -1.76. The summed E-state index contributed by atoms with van der Waals surface area (Å²) < 4.78 is 38.3. The van der Waals surface area contributed by atoms with Crippen molar-refractivity contribution in [3.8, 4) is 10.6 Å². The second-order valence-corrected chi connectivity index (χ2v) is 8.83. The Morgan fingerprint density at radius 3 is 2.53 bits per heavy atom. The molecule has 1 aliphatic heterocycles. The second-order valence-electron chi connectivity index (χ2n) is 6.96. The normalized spacial score (nSPS) is 15.3. The molecule has 1 aromatic carbocycles. The van der Waals surface area contributed by atoms with E-state index in [0.29, 0.717) is 40.8 Å². The highest BCUT2D eigenvalue weighted by molar-refractivity contribution is 7.17. The van der Waals surface area contributed by atoms with Gasteiger partial charge in [-0.3, -0.25) is 4.79 Å². The van der Waals surface area contributed by atoms with Gasteiger partial charge < -0.3 is 9.80 Å². The lowest BCUT2D eigenvalue weighted by atomic mass is 10.1. The molecule has 0 unspecified atom stereocenters. The highest BCUT2D eigenvalue weighted by atomic mass is 32.1. The summed E-state index contributed by atoms with van der Waals surface area (Å²) in [7, 11) is 0. The van der Waals surface area contributed by atoms with E-state index >= 15 is 0 Å². The molecule has 2 aromatic heterocycles. The Morgan fingerprint density at radius 2 is 1.87 bits per heavy atom. The number of carbonyl (C=O) groups excluding carboxylic acids is 1. The predicted molar refractivity (Wildman–Crippen MR) is 112 cm³/mol. The average molecular weight is 453 g/mol. The summed E-state index contributed by atoms with van der Waals surface area (Å²) in [5.41, 5.74) is 0.465. The number of benzene rings is 1. The molecule has 158 valence electrons. The lowest BCUT2D eigenvalue weighted by Gasteiger charge is -2.21. The molecule has 4 rings (SSSR count). The molecule has 30 heavy (non-hydrogen) atoms. The lowest BCUT2D eigenvalue weighted by Crippen LogP contribution is -2.35. The molecule has 0 saturated carbocycles. The van der Waals surface area contributed by atoms with E-state index < -0.39 is 11.7 Å². The van der Waals surface area contributed by atoms with Crippen molar-refractivity contribution in [3.05, 3.63) is 52.0 Å². The van der Waals surface area contributed by atoms with Crippen molar-refractivity contribution in [1.82, 2.24) is 14.9 Å². The fourth-order valence-electron chi connectivity index (χ4n) is 3.35. The highest BCUT2D eigenvalue weighted by Gasteiger charge is 2.30. The van der Waals surface area contributed by atoms with Crippen molar-refractivity contribution in [3.63, 3.8) is 0 Å². The zero-order valence-electron chi connectivity index (χ0n) is 16.1. The van der Waals surface area contributed by atoms with Gasteiger partial charge in [0.15, 0.2) is 5.13 Å². The van der Waals surface area contributed by atoms with Crippen LogP contribution in [0.3, 0.4) is 0 Å². The van der Waals surface area contributed by atoms with Crippen LogP contribution in [0.1, 0.15) is 27.3 Å². The van der Waals surface area contributed by atoms with E-state index in [4.69, 9.17) is 0 Å². The van der Waals surface area contributed by atoms with Crippen molar-refractivity contribution in [2.75, 3.05) is 31.1 Å². The minimum atomic E-state index is -4.38. The van der Waals surface area contributed by atoms with Crippen LogP contribution in [0, 0.1) is 6.92 Å². The quantitative estimate of drug-likeness (QED) is 0.565. The van der Waals surface area contributed by atoms with Gasteiger partial charge in [-0.1, -0.05) is 12.1 Å². The predicted octanol–water partition coefficient (Wildman–Crippen LogP) is 4.95. The Morgan fingerprint density at radius 1 is 1.10 bits per heavy atom. The van der Waals surface area contributed by atoms with Crippen molar-refractivity contribution < 1.29 is 18.0 Å². The first-order valence-corrected chi connectivity index (χ1v) is 11.1. The summed E-state index contributed by atoms with van der Waals surface area (Å²) >= 11 is 2.81. The number of halogens is 3. The highest BCUT2D eigenvalue weighted by Crippen LogP contribution is 2.33. The Bertz CT molecular complexity index is 1020. The van der Waals surface area contributed by atoms with Gasteiger partial charge in [0.05, 0.1) is 11.3 Å². The van der Waals surface area contributed by atoms with Crippen LogP contribution in [0.25, 0.3) is 10.6 Å². The Labute approximate surface area is 179 Å². The molecular weight excluding hydrogens is 433 g/mol. The molecule has 0 bridgehead atoms. The molecule has 1 saturated heterocycles.